The minimum absolute atomic E-state index is 0. The Bertz CT molecular complexity index is 689. The van der Waals surface area contributed by atoms with E-state index in [0.717, 1.165) is 12.8 Å². The predicted molar refractivity (Wildman–Crippen MR) is 92.9 cm³/mol. The fraction of sp³-hybridized carbons (Fsp3) is 0.158. The summed E-state index contributed by atoms with van der Waals surface area (Å²) in [5, 5.41) is 2.54. The highest BCUT2D eigenvalue weighted by Gasteiger charge is 2.09. The van der Waals surface area contributed by atoms with Crippen LogP contribution in [-0.4, -0.2) is 0 Å². The summed E-state index contributed by atoms with van der Waals surface area (Å²) in [7, 11) is 0. The van der Waals surface area contributed by atoms with Crippen molar-refractivity contribution in [2.24, 2.45) is 5.73 Å². The van der Waals surface area contributed by atoms with Gasteiger partial charge in [-0.25, -0.2) is 0 Å². The van der Waals surface area contributed by atoms with E-state index >= 15 is 0 Å². The van der Waals surface area contributed by atoms with Crippen molar-refractivity contribution < 1.29 is 0 Å². The van der Waals surface area contributed by atoms with Crippen LogP contribution in [0.2, 0.25) is 0 Å². The molecule has 1 nitrogen and oxygen atoms in total. The van der Waals surface area contributed by atoms with Crippen LogP contribution >= 0.6 is 12.4 Å². The molecule has 1 atom stereocenters. The Morgan fingerprint density at radius 3 is 2.24 bits per heavy atom. The van der Waals surface area contributed by atoms with Crippen LogP contribution in [0.1, 0.15) is 23.6 Å². The molecule has 3 aromatic carbocycles. The molecule has 0 saturated carbocycles. The van der Waals surface area contributed by atoms with E-state index in [1.54, 1.807) is 0 Å². The van der Waals surface area contributed by atoms with Gasteiger partial charge in [-0.3, -0.25) is 0 Å². The van der Waals surface area contributed by atoms with Crippen LogP contribution in [-0.2, 0) is 6.42 Å². The molecule has 0 unspecified atom stereocenters. The zero-order valence-electron chi connectivity index (χ0n) is 11.9. The fourth-order valence-electron chi connectivity index (χ4n) is 2.70. The highest BCUT2D eigenvalue weighted by molar-refractivity contribution is 5.86. The summed E-state index contributed by atoms with van der Waals surface area (Å²) in [6.07, 6.45) is 1.99. The van der Waals surface area contributed by atoms with E-state index in [1.807, 2.05) is 6.07 Å². The second-order valence-electron chi connectivity index (χ2n) is 5.20. The van der Waals surface area contributed by atoms with Crippen molar-refractivity contribution in [3.8, 4) is 0 Å². The maximum Gasteiger partial charge on any atom is 0.0304 e. The zero-order valence-corrected chi connectivity index (χ0v) is 12.7. The number of hydrogen-bond acceptors (Lipinski definition) is 1. The van der Waals surface area contributed by atoms with Crippen LogP contribution in [0, 0.1) is 0 Å². The van der Waals surface area contributed by atoms with Crippen LogP contribution in [0.4, 0.5) is 0 Å². The van der Waals surface area contributed by atoms with E-state index in [0.29, 0.717) is 0 Å². The molecule has 0 amide bonds. The molecule has 108 valence electrons. The summed E-state index contributed by atoms with van der Waals surface area (Å²) in [4.78, 5) is 0. The Morgan fingerprint density at radius 1 is 0.762 bits per heavy atom. The van der Waals surface area contributed by atoms with Crippen LogP contribution in [0.15, 0.2) is 72.8 Å². The van der Waals surface area contributed by atoms with E-state index in [-0.39, 0.29) is 18.4 Å². The number of aryl methyl sites for hydroxylation is 1. The Labute approximate surface area is 132 Å². The third-order valence-corrected chi connectivity index (χ3v) is 3.81. The lowest BCUT2D eigenvalue weighted by Gasteiger charge is -2.14. The van der Waals surface area contributed by atoms with Gasteiger partial charge in [0.1, 0.15) is 0 Å². The van der Waals surface area contributed by atoms with Crippen molar-refractivity contribution >= 4 is 23.2 Å². The van der Waals surface area contributed by atoms with Gasteiger partial charge < -0.3 is 5.73 Å². The summed E-state index contributed by atoms with van der Waals surface area (Å²) < 4.78 is 0. The van der Waals surface area contributed by atoms with Crippen molar-refractivity contribution in [2.45, 2.75) is 18.9 Å². The SMILES string of the molecule is Cl.N[C@@H](CCc1ccccc1)c1cccc2ccccc12. The Kier molecular flexibility index (Phi) is 5.38. The van der Waals surface area contributed by atoms with Gasteiger partial charge in [0.05, 0.1) is 0 Å². The monoisotopic (exact) mass is 297 g/mol. The maximum absolute atomic E-state index is 6.41. The average molecular weight is 298 g/mol. The second-order valence-corrected chi connectivity index (χ2v) is 5.20. The van der Waals surface area contributed by atoms with Crippen LogP contribution in [0.5, 0.6) is 0 Å². The first-order chi connectivity index (χ1) is 9.84. The molecule has 2 N–H and O–H groups in total. The van der Waals surface area contributed by atoms with E-state index in [2.05, 4.69) is 66.7 Å². The third-order valence-electron chi connectivity index (χ3n) is 3.81. The van der Waals surface area contributed by atoms with Crippen molar-refractivity contribution in [2.75, 3.05) is 0 Å². The predicted octanol–water partition coefficient (Wildman–Crippen LogP) is 4.89. The van der Waals surface area contributed by atoms with E-state index < -0.39 is 0 Å². The summed E-state index contributed by atoms with van der Waals surface area (Å²) in [5.74, 6) is 0. The smallest absolute Gasteiger partial charge is 0.0304 e. The largest absolute Gasteiger partial charge is 0.324 e. The zero-order chi connectivity index (χ0) is 13.8. The molecule has 0 heterocycles. The normalized spacial score (nSPS) is 11.9. The Morgan fingerprint density at radius 2 is 1.43 bits per heavy atom. The van der Waals surface area contributed by atoms with Gasteiger partial charge >= 0.3 is 0 Å². The molecular formula is C19H20ClN. The van der Waals surface area contributed by atoms with Gasteiger partial charge in [-0.15, -0.1) is 12.4 Å². The minimum atomic E-state index is 0. The van der Waals surface area contributed by atoms with Crippen molar-refractivity contribution in [1.29, 1.82) is 0 Å². The number of hydrogen-bond donors (Lipinski definition) is 1. The van der Waals surface area contributed by atoms with Gasteiger partial charge in [0, 0.05) is 6.04 Å². The molecule has 0 saturated heterocycles. The molecular weight excluding hydrogens is 278 g/mol. The summed E-state index contributed by atoms with van der Waals surface area (Å²) in [6.45, 7) is 0. The van der Waals surface area contributed by atoms with Gasteiger partial charge in [0.15, 0.2) is 0 Å². The molecule has 0 aliphatic rings. The molecule has 0 bridgehead atoms. The first-order valence-corrected chi connectivity index (χ1v) is 7.12. The standard InChI is InChI=1S/C19H19N.ClH/c20-19(14-13-15-7-2-1-3-8-15)18-12-6-10-16-9-4-5-11-17(16)18;/h1-12,19H,13-14,20H2;1H/t19-;/m0./s1. The Balaban J connectivity index is 0.00000161. The van der Waals surface area contributed by atoms with Crippen LogP contribution < -0.4 is 5.73 Å². The minimum Gasteiger partial charge on any atom is -0.324 e. The third kappa shape index (κ3) is 3.63. The molecule has 3 aromatic rings. The second kappa shape index (κ2) is 7.26. The van der Waals surface area contributed by atoms with Gasteiger partial charge in [-0.05, 0) is 34.7 Å². The molecule has 0 aliphatic heterocycles. The molecule has 3 rings (SSSR count). The van der Waals surface area contributed by atoms with Crippen LogP contribution in [0.3, 0.4) is 0 Å². The molecule has 0 aromatic heterocycles. The first-order valence-electron chi connectivity index (χ1n) is 7.12. The summed E-state index contributed by atoms with van der Waals surface area (Å²) >= 11 is 0. The number of benzene rings is 3. The summed E-state index contributed by atoms with van der Waals surface area (Å²) in [6, 6.07) is 25.5. The lowest BCUT2D eigenvalue weighted by molar-refractivity contribution is 0.656. The number of fused-ring (bicyclic) bond motifs is 1. The molecule has 0 fully saturated rings. The molecule has 0 radical (unpaired) electrons. The first kappa shape index (κ1) is 15.6. The molecule has 0 aliphatic carbocycles. The fourth-order valence-corrected chi connectivity index (χ4v) is 2.70. The number of nitrogens with two attached hydrogens (primary N) is 1. The van der Waals surface area contributed by atoms with Crippen molar-refractivity contribution in [3.05, 3.63) is 83.9 Å². The van der Waals surface area contributed by atoms with E-state index in [4.69, 9.17) is 5.73 Å². The highest BCUT2D eigenvalue weighted by Crippen LogP contribution is 2.25. The van der Waals surface area contributed by atoms with E-state index in [1.165, 1.54) is 21.9 Å². The number of rotatable bonds is 4. The Hall–Kier alpha value is -1.83. The molecule has 2 heteroatoms. The van der Waals surface area contributed by atoms with Gasteiger partial charge in [-0.2, -0.15) is 0 Å². The summed E-state index contributed by atoms with van der Waals surface area (Å²) in [5.41, 5.74) is 9.01. The average Bonchev–Trinajstić information content (AvgIpc) is 2.53. The van der Waals surface area contributed by atoms with Gasteiger partial charge in [-0.1, -0.05) is 72.8 Å². The topological polar surface area (TPSA) is 26.0 Å². The van der Waals surface area contributed by atoms with Crippen molar-refractivity contribution in [1.82, 2.24) is 0 Å². The van der Waals surface area contributed by atoms with Gasteiger partial charge in [0.25, 0.3) is 0 Å². The lowest BCUT2D eigenvalue weighted by atomic mass is 9.95. The molecule has 21 heavy (non-hydrogen) atoms. The lowest BCUT2D eigenvalue weighted by Crippen LogP contribution is -2.11. The van der Waals surface area contributed by atoms with Gasteiger partial charge in [0.2, 0.25) is 0 Å². The van der Waals surface area contributed by atoms with E-state index in [9.17, 15) is 0 Å². The number of halogens is 1. The molecule has 0 spiro atoms. The van der Waals surface area contributed by atoms with Crippen molar-refractivity contribution in [3.63, 3.8) is 0 Å². The maximum atomic E-state index is 6.41. The quantitative estimate of drug-likeness (QED) is 0.728. The highest BCUT2D eigenvalue weighted by atomic mass is 35.5. The van der Waals surface area contributed by atoms with Crippen LogP contribution in [0.25, 0.3) is 10.8 Å².